The van der Waals surface area contributed by atoms with Crippen molar-refractivity contribution in [2.45, 2.75) is 6.54 Å². The number of aryl methyl sites for hydroxylation is 1. The molecule has 2 aromatic rings. The molecule has 1 N–H and O–H groups in total. The Morgan fingerprint density at radius 3 is 2.62 bits per heavy atom. The number of benzene rings is 1. The van der Waals surface area contributed by atoms with Gasteiger partial charge in [-0.3, -0.25) is 14.3 Å². The third-order valence-electron chi connectivity index (χ3n) is 3.35. The second kappa shape index (κ2) is 7.83. The van der Waals surface area contributed by atoms with E-state index in [0.29, 0.717) is 17.1 Å². The molecule has 0 atom stereocenters. The van der Waals surface area contributed by atoms with Crippen LogP contribution in [0.5, 0.6) is 5.88 Å². The van der Waals surface area contributed by atoms with Crippen LogP contribution in [-0.4, -0.2) is 47.2 Å². The number of aromatic nitrogens is 2. The largest absolute Gasteiger partial charge is 0.479 e. The Morgan fingerprint density at radius 1 is 1.33 bits per heavy atom. The summed E-state index contributed by atoms with van der Waals surface area (Å²) in [4.78, 5) is 25.7. The van der Waals surface area contributed by atoms with Crippen LogP contribution in [0.4, 0.5) is 0 Å². The zero-order valence-corrected chi connectivity index (χ0v) is 14.5. The monoisotopic (exact) mass is 350 g/mol. The van der Waals surface area contributed by atoms with Crippen LogP contribution >= 0.6 is 11.6 Å². The van der Waals surface area contributed by atoms with E-state index < -0.39 is 0 Å². The first-order valence-corrected chi connectivity index (χ1v) is 7.62. The third kappa shape index (κ3) is 4.48. The van der Waals surface area contributed by atoms with Crippen molar-refractivity contribution in [2.75, 3.05) is 20.7 Å². The average molecular weight is 351 g/mol. The molecule has 7 nitrogen and oxygen atoms in total. The van der Waals surface area contributed by atoms with Crippen LogP contribution in [0.15, 0.2) is 30.5 Å². The number of carbonyl (C=O) groups is 2. The lowest BCUT2D eigenvalue weighted by atomic mass is 10.2. The molecule has 0 spiro atoms. The molecular formula is C16H19ClN4O3. The number of methoxy groups -OCH3 is 1. The fourth-order valence-corrected chi connectivity index (χ4v) is 2.24. The fraction of sp³-hybridized carbons (Fsp3) is 0.312. The lowest BCUT2D eigenvalue weighted by molar-refractivity contribution is -0.121. The van der Waals surface area contributed by atoms with E-state index in [0.717, 1.165) is 5.56 Å². The van der Waals surface area contributed by atoms with Gasteiger partial charge in [0.25, 0.3) is 5.91 Å². The quantitative estimate of drug-likeness (QED) is 0.856. The zero-order chi connectivity index (χ0) is 17.7. The maximum atomic E-state index is 12.4. The smallest absolute Gasteiger partial charge is 0.261 e. The first kappa shape index (κ1) is 17.8. The molecule has 0 bridgehead atoms. The van der Waals surface area contributed by atoms with E-state index >= 15 is 0 Å². The molecule has 2 amide bonds. The first-order chi connectivity index (χ1) is 11.4. The van der Waals surface area contributed by atoms with Gasteiger partial charge in [0.2, 0.25) is 11.8 Å². The molecule has 0 radical (unpaired) electrons. The number of likely N-dealkylation sites (N-methyl/N-ethyl adjacent to an activating group) is 1. The van der Waals surface area contributed by atoms with Crippen molar-refractivity contribution >= 4 is 23.4 Å². The second-order valence-electron chi connectivity index (χ2n) is 5.29. The van der Waals surface area contributed by atoms with Gasteiger partial charge in [-0.15, -0.1) is 5.10 Å². The van der Waals surface area contributed by atoms with Gasteiger partial charge in [-0.05, 0) is 17.7 Å². The molecule has 128 valence electrons. The molecule has 2 rings (SSSR count). The summed E-state index contributed by atoms with van der Waals surface area (Å²) in [6.45, 7) is 0.304. The van der Waals surface area contributed by atoms with Crippen molar-refractivity contribution in [1.82, 2.24) is 20.0 Å². The number of carbonyl (C=O) groups excluding carboxylic acids is 2. The van der Waals surface area contributed by atoms with Crippen LogP contribution in [0, 0.1) is 0 Å². The maximum Gasteiger partial charge on any atom is 0.261 e. The Morgan fingerprint density at radius 2 is 2.00 bits per heavy atom. The molecule has 0 aliphatic carbocycles. The number of hydrogen-bond donors (Lipinski definition) is 1. The number of amides is 2. The zero-order valence-electron chi connectivity index (χ0n) is 13.7. The van der Waals surface area contributed by atoms with E-state index in [1.807, 2.05) is 12.1 Å². The minimum absolute atomic E-state index is 0.0650. The Balaban J connectivity index is 1.90. The Bertz CT molecular complexity index is 727. The summed E-state index contributed by atoms with van der Waals surface area (Å²) in [5, 5.41) is 7.43. The normalized spacial score (nSPS) is 10.3. The molecular weight excluding hydrogens is 332 g/mol. The SMILES string of the molecule is COc1nn(C)cc1C(=O)N(C)CC(=O)NCc1ccc(Cl)cc1. The molecule has 24 heavy (non-hydrogen) atoms. The van der Waals surface area contributed by atoms with Gasteiger partial charge in [-0.2, -0.15) is 0 Å². The standard InChI is InChI=1S/C16H19ClN4O3/c1-20(16(23)13-9-21(2)19-15(13)24-3)10-14(22)18-8-11-4-6-12(17)7-5-11/h4-7,9H,8,10H2,1-3H3,(H,18,22). The van der Waals surface area contributed by atoms with Gasteiger partial charge in [0.15, 0.2) is 0 Å². The van der Waals surface area contributed by atoms with Gasteiger partial charge in [-0.1, -0.05) is 23.7 Å². The Kier molecular flexibility index (Phi) is 5.81. The molecule has 0 aliphatic heterocycles. The van der Waals surface area contributed by atoms with Crippen LogP contribution in [0.3, 0.4) is 0 Å². The minimum atomic E-state index is -0.332. The minimum Gasteiger partial charge on any atom is -0.479 e. The summed E-state index contributed by atoms with van der Waals surface area (Å²) in [6.07, 6.45) is 1.56. The number of ether oxygens (including phenoxy) is 1. The van der Waals surface area contributed by atoms with Crippen molar-refractivity contribution in [3.05, 3.63) is 46.6 Å². The molecule has 0 saturated heterocycles. The Labute approximate surface area is 145 Å². The summed E-state index contributed by atoms with van der Waals surface area (Å²) in [6, 6.07) is 7.18. The predicted molar refractivity (Wildman–Crippen MR) is 90.0 cm³/mol. The summed E-state index contributed by atoms with van der Waals surface area (Å²) >= 11 is 5.81. The van der Waals surface area contributed by atoms with E-state index in [2.05, 4.69) is 10.4 Å². The maximum absolute atomic E-state index is 12.4. The molecule has 0 fully saturated rings. The van der Waals surface area contributed by atoms with Crippen molar-refractivity contribution in [2.24, 2.45) is 7.05 Å². The summed E-state index contributed by atoms with van der Waals surface area (Å²) in [5.41, 5.74) is 1.24. The van der Waals surface area contributed by atoms with E-state index in [1.165, 1.54) is 16.7 Å². The van der Waals surface area contributed by atoms with Gasteiger partial charge in [0.1, 0.15) is 5.56 Å². The number of hydrogen-bond acceptors (Lipinski definition) is 4. The van der Waals surface area contributed by atoms with Crippen molar-refractivity contribution in [3.63, 3.8) is 0 Å². The van der Waals surface area contributed by atoms with Crippen LogP contribution < -0.4 is 10.1 Å². The number of halogens is 1. The summed E-state index contributed by atoms with van der Waals surface area (Å²) in [7, 11) is 4.69. The summed E-state index contributed by atoms with van der Waals surface area (Å²) in [5.74, 6) is -0.360. The highest BCUT2D eigenvalue weighted by Gasteiger charge is 2.21. The van der Waals surface area contributed by atoms with Crippen LogP contribution in [0.1, 0.15) is 15.9 Å². The summed E-state index contributed by atoms with van der Waals surface area (Å²) < 4.78 is 6.55. The van der Waals surface area contributed by atoms with Gasteiger partial charge in [-0.25, -0.2) is 0 Å². The van der Waals surface area contributed by atoms with Gasteiger partial charge in [0, 0.05) is 31.9 Å². The number of nitrogens with zero attached hydrogens (tertiary/aromatic N) is 3. The highest BCUT2D eigenvalue weighted by molar-refractivity contribution is 6.30. The second-order valence-corrected chi connectivity index (χ2v) is 5.73. The molecule has 1 heterocycles. The lowest BCUT2D eigenvalue weighted by Gasteiger charge is -2.16. The van der Waals surface area contributed by atoms with Crippen LogP contribution in [0.25, 0.3) is 0 Å². The van der Waals surface area contributed by atoms with Gasteiger partial charge < -0.3 is 15.0 Å². The Hall–Kier alpha value is -2.54. The number of nitrogens with one attached hydrogen (secondary N) is 1. The molecule has 0 unspecified atom stereocenters. The first-order valence-electron chi connectivity index (χ1n) is 7.25. The number of rotatable bonds is 6. The van der Waals surface area contributed by atoms with Crippen molar-refractivity contribution < 1.29 is 14.3 Å². The highest BCUT2D eigenvalue weighted by atomic mass is 35.5. The molecule has 8 heteroatoms. The van der Waals surface area contributed by atoms with Crippen LogP contribution in [0.2, 0.25) is 5.02 Å². The lowest BCUT2D eigenvalue weighted by Crippen LogP contribution is -2.38. The van der Waals surface area contributed by atoms with E-state index in [9.17, 15) is 9.59 Å². The molecule has 1 aromatic heterocycles. The average Bonchev–Trinajstić information content (AvgIpc) is 2.94. The van der Waals surface area contributed by atoms with Crippen molar-refractivity contribution in [1.29, 1.82) is 0 Å². The predicted octanol–water partition coefficient (Wildman–Crippen LogP) is 1.47. The fourth-order valence-electron chi connectivity index (χ4n) is 2.12. The molecule has 0 aliphatic rings. The van der Waals surface area contributed by atoms with Crippen LogP contribution in [-0.2, 0) is 18.4 Å². The molecule has 0 saturated carbocycles. The van der Waals surface area contributed by atoms with Crippen molar-refractivity contribution in [3.8, 4) is 5.88 Å². The van der Waals surface area contributed by atoms with Gasteiger partial charge in [0.05, 0.1) is 13.7 Å². The van der Waals surface area contributed by atoms with E-state index in [4.69, 9.17) is 16.3 Å². The third-order valence-corrected chi connectivity index (χ3v) is 3.60. The van der Waals surface area contributed by atoms with E-state index in [1.54, 1.807) is 32.4 Å². The van der Waals surface area contributed by atoms with Gasteiger partial charge >= 0.3 is 0 Å². The highest BCUT2D eigenvalue weighted by Crippen LogP contribution is 2.16. The molecule has 1 aromatic carbocycles. The van der Waals surface area contributed by atoms with E-state index in [-0.39, 0.29) is 24.2 Å². The topological polar surface area (TPSA) is 76.5 Å².